The fraction of sp³-hybridized carbons (Fsp3) is 0.189. The molecule has 0 fully saturated rings. The molecule has 0 radical (unpaired) electrons. The normalized spacial score (nSPS) is 11.9. The number of hydrogen-bond donors (Lipinski definition) is 3. The zero-order valence-corrected chi connectivity index (χ0v) is 28.3. The first-order valence-electron chi connectivity index (χ1n) is 15.5. The Kier molecular flexibility index (Phi) is 10.5. The molecular weight excluding hydrogens is 649 g/mol. The van der Waals surface area contributed by atoms with Crippen LogP contribution < -0.4 is 9.80 Å². The van der Waals surface area contributed by atoms with Crippen LogP contribution in [0.3, 0.4) is 0 Å². The zero-order valence-electron chi connectivity index (χ0n) is 26.6. The molecule has 0 atom stereocenters. The third kappa shape index (κ3) is 8.06. The predicted molar refractivity (Wildman–Crippen MR) is 188 cm³/mol. The smallest absolute Gasteiger partial charge is 0.298 e. The lowest BCUT2D eigenvalue weighted by molar-refractivity contribution is 0.440. The zero-order chi connectivity index (χ0) is 34.5. The Bertz CT molecular complexity index is 1960. The summed E-state index contributed by atoms with van der Waals surface area (Å²) >= 11 is 0. The third-order valence-electron chi connectivity index (χ3n) is 8.34. The van der Waals surface area contributed by atoms with Crippen LogP contribution in [0.1, 0.15) is 47.6 Å². The first-order chi connectivity index (χ1) is 22.9. The summed E-state index contributed by atoms with van der Waals surface area (Å²) in [5, 5.41) is 10.7. The number of nitrogens with zero attached hydrogens (tertiary/aromatic N) is 2. The fourth-order valence-electron chi connectivity index (χ4n) is 5.91. The highest BCUT2D eigenvalue weighted by Crippen LogP contribution is 2.41. The summed E-state index contributed by atoms with van der Waals surface area (Å²) in [5.41, 5.74) is 5.34. The van der Waals surface area contributed by atoms with Crippen molar-refractivity contribution in [3.05, 3.63) is 149 Å². The van der Waals surface area contributed by atoms with E-state index in [2.05, 4.69) is 47.9 Å². The van der Waals surface area contributed by atoms with E-state index in [-0.39, 0.29) is 5.56 Å². The number of hydrogen-bond acceptors (Lipinski definition) is 7. The second kappa shape index (κ2) is 14.6. The molecule has 0 unspecified atom stereocenters. The monoisotopic (exact) mass is 686 g/mol. The summed E-state index contributed by atoms with van der Waals surface area (Å²) in [4.78, 5) is 2.60. The minimum absolute atomic E-state index is 0.0591. The van der Waals surface area contributed by atoms with E-state index in [1.54, 1.807) is 0 Å². The van der Waals surface area contributed by atoms with Gasteiger partial charge in [0, 0.05) is 43.5 Å². The van der Waals surface area contributed by atoms with Crippen LogP contribution in [0.4, 0.5) is 11.4 Å². The summed E-state index contributed by atoms with van der Waals surface area (Å²) < 4.78 is 69.3. The van der Waals surface area contributed by atoms with Gasteiger partial charge in [-0.2, -0.15) is 16.8 Å². The molecule has 48 heavy (non-hydrogen) atoms. The van der Waals surface area contributed by atoms with Crippen molar-refractivity contribution in [2.45, 2.75) is 42.6 Å². The minimum atomic E-state index is -5.02. The lowest BCUT2D eigenvalue weighted by atomic mass is 9.84. The molecule has 0 aliphatic carbocycles. The van der Waals surface area contributed by atoms with E-state index >= 15 is 0 Å². The van der Waals surface area contributed by atoms with Gasteiger partial charge in [0.15, 0.2) is 0 Å². The van der Waals surface area contributed by atoms with Crippen molar-refractivity contribution in [1.29, 1.82) is 0 Å². The van der Waals surface area contributed by atoms with Crippen molar-refractivity contribution in [1.82, 2.24) is 0 Å². The Balaban J connectivity index is 1.61. The molecule has 0 spiro atoms. The van der Waals surface area contributed by atoms with Gasteiger partial charge in [-0.1, -0.05) is 84.9 Å². The van der Waals surface area contributed by atoms with Gasteiger partial charge in [-0.25, -0.2) is 0 Å². The maximum Gasteiger partial charge on any atom is 0.298 e. The Hall–Kier alpha value is -4.68. The Morgan fingerprint density at radius 3 is 1.31 bits per heavy atom. The van der Waals surface area contributed by atoms with Crippen LogP contribution in [-0.4, -0.2) is 44.1 Å². The number of phenols is 1. The van der Waals surface area contributed by atoms with Gasteiger partial charge in [0.05, 0.1) is 4.90 Å². The molecule has 9 nitrogen and oxygen atoms in total. The van der Waals surface area contributed by atoms with E-state index in [4.69, 9.17) is 0 Å². The number of aromatic hydroxyl groups is 1. The molecule has 5 rings (SSSR count). The van der Waals surface area contributed by atoms with E-state index in [0.29, 0.717) is 30.3 Å². The fourth-order valence-corrected chi connectivity index (χ4v) is 7.31. The molecule has 0 aromatic heterocycles. The number of benzene rings is 5. The van der Waals surface area contributed by atoms with Gasteiger partial charge >= 0.3 is 0 Å². The standard InChI is InChI=1S/C37H38N2O7S2/c1-3-38(25-27-11-7-5-8-12-27)31-19-15-29(16-20-31)37(33-23-34(40)36(48(44,45)46)24-35(33)47(41,42)43)30-17-21-32(22-18-30)39(4-2)26-28-13-9-6-10-14-28/h5-24,37,40H,3-4,25-26H2,1-2H3,(H,41,42,43)(H,44,45,46). The van der Waals surface area contributed by atoms with Crippen molar-refractivity contribution < 1.29 is 31.0 Å². The molecule has 0 saturated heterocycles. The van der Waals surface area contributed by atoms with E-state index in [1.165, 1.54) is 0 Å². The predicted octanol–water partition coefficient (Wildman–Crippen LogP) is 7.12. The van der Waals surface area contributed by atoms with Gasteiger partial charge in [-0.15, -0.1) is 0 Å². The lowest BCUT2D eigenvalue weighted by Gasteiger charge is -2.27. The van der Waals surface area contributed by atoms with E-state index in [9.17, 15) is 31.0 Å². The highest BCUT2D eigenvalue weighted by atomic mass is 32.2. The quantitative estimate of drug-likeness (QED) is 0.0874. The first kappa shape index (κ1) is 34.6. The molecule has 5 aromatic carbocycles. The molecule has 0 saturated carbocycles. The summed E-state index contributed by atoms with van der Waals surface area (Å²) in [5.74, 6) is -1.71. The molecule has 0 aliphatic rings. The maximum atomic E-state index is 12.7. The molecule has 0 bridgehead atoms. The molecule has 0 amide bonds. The third-order valence-corrected chi connectivity index (χ3v) is 10.1. The van der Waals surface area contributed by atoms with Gasteiger partial charge in [-0.3, -0.25) is 9.11 Å². The van der Waals surface area contributed by atoms with Crippen molar-refractivity contribution in [3.63, 3.8) is 0 Å². The Morgan fingerprint density at radius 2 is 0.958 bits per heavy atom. The second-order valence-corrected chi connectivity index (χ2v) is 14.2. The van der Waals surface area contributed by atoms with E-state index < -0.39 is 41.7 Å². The van der Waals surface area contributed by atoms with Crippen LogP contribution in [0.5, 0.6) is 5.75 Å². The SMILES string of the molecule is CCN(Cc1ccccc1)c1ccc(C(c2ccc(N(CC)Cc3ccccc3)cc2)c2cc(O)c(S(=O)(=O)O)cc2S(=O)(=O)O)cc1. The number of phenolic OH excluding ortho intramolecular Hbond substituents is 1. The summed E-state index contributed by atoms with van der Waals surface area (Å²) in [6.45, 7) is 6.92. The van der Waals surface area contributed by atoms with Crippen molar-refractivity contribution in [3.8, 4) is 5.75 Å². The molecule has 11 heteroatoms. The van der Waals surface area contributed by atoms with Gasteiger partial charge in [0.1, 0.15) is 10.6 Å². The van der Waals surface area contributed by atoms with Crippen molar-refractivity contribution in [2.24, 2.45) is 0 Å². The highest BCUT2D eigenvalue weighted by molar-refractivity contribution is 7.86. The molecule has 0 heterocycles. The molecular formula is C37H38N2O7S2. The topological polar surface area (TPSA) is 135 Å². The highest BCUT2D eigenvalue weighted by Gasteiger charge is 2.30. The molecule has 250 valence electrons. The van der Waals surface area contributed by atoms with Gasteiger partial charge in [-0.05, 0) is 78.1 Å². The number of anilines is 2. The van der Waals surface area contributed by atoms with Crippen molar-refractivity contribution in [2.75, 3.05) is 22.9 Å². The lowest BCUT2D eigenvalue weighted by Crippen LogP contribution is -2.22. The largest absolute Gasteiger partial charge is 0.506 e. The molecule has 0 aliphatic heterocycles. The summed E-state index contributed by atoms with van der Waals surface area (Å²) in [7, 11) is -10.0. The Morgan fingerprint density at radius 1 is 0.562 bits per heavy atom. The van der Waals surface area contributed by atoms with Gasteiger partial charge in [0.25, 0.3) is 20.2 Å². The van der Waals surface area contributed by atoms with Crippen LogP contribution >= 0.6 is 0 Å². The van der Waals surface area contributed by atoms with Crippen LogP contribution in [0.25, 0.3) is 0 Å². The Labute approximate surface area is 282 Å². The van der Waals surface area contributed by atoms with Crippen LogP contribution in [0.15, 0.2) is 131 Å². The van der Waals surface area contributed by atoms with Gasteiger partial charge < -0.3 is 14.9 Å². The first-order valence-corrected chi connectivity index (χ1v) is 18.4. The van der Waals surface area contributed by atoms with Crippen molar-refractivity contribution >= 4 is 31.6 Å². The van der Waals surface area contributed by atoms with E-state index in [1.807, 2.05) is 84.9 Å². The van der Waals surface area contributed by atoms with Crippen LogP contribution in [0, 0.1) is 0 Å². The van der Waals surface area contributed by atoms with Crippen LogP contribution in [-0.2, 0) is 33.3 Å². The maximum absolute atomic E-state index is 12.7. The molecule has 3 N–H and O–H groups in total. The van der Waals surface area contributed by atoms with Gasteiger partial charge in [0.2, 0.25) is 0 Å². The number of rotatable bonds is 13. The minimum Gasteiger partial charge on any atom is -0.506 e. The summed E-state index contributed by atoms with van der Waals surface area (Å²) in [6, 6.07) is 36.7. The second-order valence-electron chi connectivity index (χ2n) is 11.4. The summed E-state index contributed by atoms with van der Waals surface area (Å²) in [6.07, 6.45) is 0. The average Bonchev–Trinajstić information content (AvgIpc) is 3.07. The average molecular weight is 687 g/mol. The molecule has 5 aromatic rings. The van der Waals surface area contributed by atoms with Crippen LogP contribution in [0.2, 0.25) is 0 Å². The van der Waals surface area contributed by atoms with E-state index in [0.717, 1.165) is 41.7 Å².